The highest BCUT2D eigenvalue weighted by Crippen LogP contribution is 2.10. The second-order valence-electron chi connectivity index (χ2n) is 5.61. The number of aliphatic hydroxyl groups excluding tert-OH is 1. The Balaban J connectivity index is 1.75. The molecule has 1 saturated heterocycles. The van der Waals surface area contributed by atoms with Gasteiger partial charge in [0.05, 0.1) is 13.2 Å². The van der Waals surface area contributed by atoms with Crippen molar-refractivity contribution in [3.8, 4) is 0 Å². The molecule has 1 unspecified atom stereocenters. The van der Waals surface area contributed by atoms with Gasteiger partial charge in [-0.1, -0.05) is 6.92 Å². The van der Waals surface area contributed by atoms with Crippen molar-refractivity contribution < 1.29 is 14.3 Å². The number of carbonyl (C=O) groups is 1. The third kappa shape index (κ3) is 4.76. The van der Waals surface area contributed by atoms with Gasteiger partial charge in [0.25, 0.3) is 0 Å². The van der Waals surface area contributed by atoms with Crippen LogP contribution in [0.25, 0.3) is 0 Å². The van der Waals surface area contributed by atoms with Crippen LogP contribution in [0.15, 0.2) is 24.3 Å². The van der Waals surface area contributed by atoms with Crippen molar-refractivity contribution in [2.45, 2.75) is 19.4 Å². The molecule has 22 heavy (non-hydrogen) atoms. The lowest BCUT2D eigenvalue weighted by atomic mass is 10.1. The SMILES string of the molecule is CCC(CO)N1CCN(CC(=O)Nc2ccc(F)cc2)CC1. The Morgan fingerprint density at radius 1 is 1.27 bits per heavy atom. The first-order valence-corrected chi connectivity index (χ1v) is 7.75. The van der Waals surface area contributed by atoms with Crippen LogP contribution in [0.4, 0.5) is 10.1 Å². The maximum Gasteiger partial charge on any atom is 0.238 e. The molecule has 1 aromatic carbocycles. The van der Waals surface area contributed by atoms with Crippen LogP contribution >= 0.6 is 0 Å². The minimum absolute atomic E-state index is 0.0887. The van der Waals surface area contributed by atoms with Crippen LogP contribution in [0.2, 0.25) is 0 Å². The highest BCUT2D eigenvalue weighted by Gasteiger charge is 2.23. The van der Waals surface area contributed by atoms with Crippen LogP contribution in [0, 0.1) is 5.82 Å². The quantitative estimate of drug-likeness (QED) is 0.828. The molecular formula is C16H24FN3O2. The molecule has 0 radical (unpaired) electrons. The van der Waals surface area contributed by atoms with Gasteiger partial charge in [-0.05, 0) is 30.7 Å². The Kier molecular flexibility index (Phi) is 6.30. The van der Waals surface area contributed by atoms with Crippen molar-refractivity contribution in [1.82, 2.24) is 9.80 Å². The van der Waals surface area contributed by atoms with Crippen molar-refractivity contribution in [1.29, 1.82) is 0 Å². The lowest BCUT2D eigenvalue weighted by Crippen LogP contribution is -2.52. The first-order chi connectivity index (χ1) is 10.6. The standard InChI is InChI=1S/C16H24FN3O2/c1-2-15(12-21)20-9-7-19(8-10-20)11-16(22)18-14-5-3-13(17)4-6-14/h3-6,15,21H,2,7-12H2,1H3,(H,18,22). The molecule has 2 rings (SSSR count). The predicted molar refractivity (Wildman–Crippen MR) is 84.2 cm³/mol. The molecule has 0 saturated carbocycles. The van der Waals surface area contributed by atoms with E-state index in [2.05, 4.69) is 22.0 Å². The van der Waals surface area contributed by atoms with Crippen LogP contribution < -0.4 is 5.32 Å². The number of nitrogens with zero attached hydrogens (tertiary/aromatic N) is 2. The zero-order valence-corrected chi connectivity index (χ0v) is 13.0. The molecule has 0 spiro atoms. The van der Waals surface area contributed by atoms with E-state index in [0.29, 0.717) is 12.2 Å². The summed E-state index contributed by atoms with van der Waals surface area (Å²) in [5.41, 5.74) is 0.608. The topological polar surface area (TPSA) is 55.8 Å². The summed E-state index contributed by atoms with van der Waals surface area (Å²) in [5.74, 6) is -0.405. The fourth-order valence-electron chi connectivity index (χ4n) is 2.73. The van der Waals surface area contributed by atoms with Crippen LogP contribution in [0.5, 0.6) is 0 Å². The zero-order chi connectivity index (χ0) is 15.9. The number of rotatable bonds is 6. The Morgan fingerprint density at radius 2 is 1.91 bits per heavy atom. The Morgan fingerprint density at radius 3 is 2.45 bits per heavy atom. The molecule has 0 aliphatic carbocycles. The van der Waals surface area contributed by atoms with Crippen LogP contribution in [-0.2, 0) is 4.79 Å². The van der Waals surface area contributed by atoms with Gasteiger partial charge < -0.3 is 10.4 Å². The van der Waals surface area contributed by atoms with E-state index in [1.165, 1.54) is 12.1 Å². The van der Waals surface area contributed by atoms with Crippen molar-refractivity contribution in [3.05, 3.63) is 30.1 Å². The van der Waals surface area contributed by atoms with Crippen molar-refractivity contribution >= 4 is 11.6 Å². The average Bonchev–Trinajstić information content (AvgIpc) is 2.52. The van der Waals surface area contributed by atoms with Crippen molar-refractivity contribution in [2.75, 3.05) is 44.6 Å². The molecule has 1 heterocycles. The highest BCUT2D eigenvalue weighted by molar-refractivity contribution is 5.92. The van der Waals surface area contributed by atoms with Gasteiger partial charge in [0.1, 0.15) is 5.82 Å². The molecule has 1 aliphatic heterocycles. The third-order valence-corrected chi connectivity index (χ3v) is 4.10. The van der Waals surface area contributed by atoms with E-state index in [1.807, 2.05) is 0 Å². The number of aliphatic hydroxyl groups is 1. The summed E-state index contributed by atoms with van der Waals surface area (Å²) < 4.78 is 12.8. The third-order valence-electron chi connectivity index (χ3n) is 4.10. The number of anilines is 1. The van der Waals surface area contributed by atoms with Gasteiger partial charge in [-0.2, -0.15) is 0 Å². The minimum atomic E-state index is -0.316. The molecule has 1 amide bonds. The molecule has 122 valence electrons. The fourth-order valence-corrected chi connectivity index (χ4v) is 2.73. The maximum atomic E-state index is 12.8. The van der Waals surface area contributed by atoms with Gasteiger partial charge in [0, 0.05) is 37.9 Å². The Bertz CT molecular complexity index is 469. The molecule has 0 bridgehead atoms. The van der Waals surface area contributed by atoms with E-state index in [0.717, 1.165) is 32.6 Å². The smallest absolute Gasteiger partial charge is 0.238 e. The van der Waals surface area contributed by atoms with E-state index in [9.17, 15) is 14.3 Å². The molecule has 1 fully saturated rings. The molecule has 6 heteroatoms. The summed E-state index contributed by atoms with van der Waals surface area (Å²) in [6.07, 6.45) is 0.932. The summed E-state index contributed by atoms with van der Waals surface area (Å²) in [6.45, 7) is 5.94. The minimum Gasteiger partial charge on any atom is -0.395 e. The molecule has 1 aromatic rings. The van der Waals surface area contributed by atoms with Crippen LogP contribution in [-0.4, -0.2) is 66.2 Å². The average molecular weight is 309 g/mol. The first kappa shape index (κ1) is 16.9. The molecule has 0 aromatic heterocycles. The molecule has 1 atom stereocenters. The highest BCUT2D eigenvalue weighted by atomic mass is 19.1. The van der Waals surface area contributed by atoms with E-state index >= 15 is 0 Å². The van der Waals surface area contributed by atoms with Gasteiger partial charge in [-0.25, -0.2) is 4.39 Å². The number of halogens is 1. The van der Waals surface area contributed by atoms with Gasteiger partial charge in [-0.15, -0.1) is 0 Å². The van der Waals surface area contributed by atoms with E-state index in [-0.39, 0.29) is 24.4 Å². The lowest BCUT2D eigenvalue weighted by molar-refractivity contribution is -0.117. The summed E-state index contributed by atoms with van der Waals surface area (Å²) in [6, 6.07) is 5.98. The number of benzene rings is 1. The lowest BCUT2D eigenvalue weighted by Gasteiger charge is -2.38. The van der Waals surface area contributed by atoms with Crippen LogP contribution in [0.1, 0.15) is 13.3 Å². The zero-order valence-electron chi connectivity index (χ0n) is 13.0. The second-order valence-corrected chi connectivity index (χ2v) is 5.61. The summed E-state index contributed by atoms with van der Waals surface area (Å²) in [4.78, 5) is 16.4. The summed E-state index contributed by atoms with van der Waals surface area (Å²) in [5, 5.41) is 12.1. The molecular weight excluding hydrogens is 285 g/mol. The van der Waals surface area contributed by atoms with Crippen molar-refractivity contribution in [2.24, 2.45) is 0 Å². The van der Waals surface area contributed by atoms with Crippen molar-refractivity contribution in [3.63, 3.8) is 0 Å². The molecule has 5 nitrogen and oxygen atoms in total. The number of hydrogen-bond acceptors (Lipinski definition) is 4. The maximum absolute atomic E-state index is 12.8. The normalized spacial score (nSPS) is 18.1. The number of piperazine rings is 1. The van der Waals surface area contributed by atoms with E-state index in [1.54, 1.807) is 12.1 Å². The van der Waals surface area contributed by atoms with Gasteiger partial charge in [0.2, 0.25) is 5.91 Å². The number of hydrogen-bond donors (Lipinski definition) is 2. The number of amides is 1. The van der Waals surface area contributed by atoms with E-state index in [4.69, 9.17) is 0 Å². The summed E-state index contributed by atoms with van der Waals surface area (Å²) in [7, 11) is 0. The van der Waals surface area contributed by atoms with Crippen LogP contribution in [0.3, 0.4) is 0 Å². The molecule has 1 aliphatic rings. The monoisotopic (exact) mass is 309 g/mol. The van der Waals surface area contributed by atoms with Gasteiger partial charge in [-0.3, -0.25) is 14.6 Å². The number of carbonyl (C=O) groups excluding carboxylic acids is 1. The second kappa shape index (κ2) is 8.22. The Labute approximate surface area is 130 Å². The first-order valence-electron chi connectivity index (χ1n) is 7.75. The fraction of sp³-hybridized carbons (Fsp3) is 0.562. The van der Waals surface area contributed by atoms with E-state index < -0.39 is 0 Å². The molecule has 2 N–H and O–H groups in total. The number of nitrogens with one attached hydrogen (secondary N) is 1. The summed E-state index contributed by atoms with van der Waals surface area (Å²) >= 11 is 0. The van der Waals surface area contributed by atoms with Gasteiger partial charge >= 0.3 is 0 Å². The predicted octanol–water partition coefficient (Wildman–Crippen LogP) is 1.15. The Hall–Kier alpha value is -1.50. The largest absolute Gasteiger partial charge is 0.395 e. The van der Waals surface area contributed by atoms with Gasteiger partial charge in [0.15, 0.2) is 0 Å².